The average molecular weight is 242 g/mol. The summed E-state index contributed by atoms with van der Waals surface area (Å²) in [6.45, 7) is 5.24. The van der Waals surface area contributed by atoms with E-state index in [1.165, 1.54) is 0 Å². The van der Waals surface area contributed by atoms with Crippen molar-refractivity contribution in [3.63, 3.8) is 0 Å². The van der Waals surface area contributed by atoms with Crippen LogP contribution in [0.3, 0.4) is 0 Å². The molecule has 1 fully saturated rings. The molecule has 1 aliphatic heterocycles. The highest BCUT2D eigenvalue weighted by molar-refractivity contribution is 5.57. The molecule has 2 aromatic heterocycles. The Labute approximate surface area is 107 Å². The van der Waals surface area contributed by atoms with Crippen LogP contribution in [0.5, 0.6) is 0 Å². The highest BCUT2D eigenvalue weighted by Gasteiger charge is 2.19. The monoisotopic (exact) mass is 242 g/mol. The fourth-order valence-electron chi connectivity index (χ4n) is 2.45. The summed E-state index contributed by atoms with van der Waals surface area (Å²) in [6, 6.07) is 8.70. The van der Waals surface area contributed by atoms with Gasteiger partial charge >= 0.3 is 0 Å². The highest BCUT2D eigenvalue weighted by Crippen LogP contribution is 2.22. The second kappa shape index (κ2) is 4.82. The number of piperazine rings is 1. The van der Waals surface area contributed by atoms with Gasteiger partial charge in [0.1, 0.15) is 0 Å². The Kier molecular flexibility index (Phi) is 3.02. The third-order valence-electron chi connectivity index (χ3n) is 3.32. The van der Waals surface area contributed by atoms with Gasteiger partial charge in [0.05, 0.1) is 5.69 Å². The standard InChI is InChI=1S/C14H18N4/c1-12-11-18(10-7-15-12)14-13(5-4-6-16-14)17-8-2-3-9-17/h2-6,8-9,12,15H,7,10-11H2,1H3/t12-/m1/s1. The molecule has 18 heavy (non-hydrogen) atoms. The molecule has 1 atom stereocenters. The molecule has 3 rings (SSSR count). The topological polar surface area (TPSA) is 33.1 Å². The second-order valence-corrected chi connectivity index (χ2v) is 4.74. The number of nitrogens with zero attached hydrogens (tertiary/aromatic N) is 3. The predicted molar refractivity (Wildman–Crippen MR) is 73.2 cm³/mol. The van der Waals surface area contributed by atoms with Gasteiger partial charge in [-0.25, -0.2) is 4.98 Å². The summed E-state index contributed by atoms with van der Waals surface area (Å²) < 4.78 is 2.12. The van der Waals surface area contributed by atoms with Crippen LogP contribution in [0.2, 0.25) is 0 Å². The highest BCUT2D eigenvalue weighted by atomic mass is 15.3. The van der Waals surface area contributed by atoms with E-state index in [1.54, 1.807) is 0 Å². The van der Waals surface area contributed by atoms with Gasteiger partial charge < -0.3 is 14.8 Å². The lowest BCUT2D eigenvalue weighted by molar-refractivity contribution is 0.482. The summed E-state index contributed by atoms with van der Waals surface area (Å²) in [4.78, 5) is 6.93. The van der Waals surface area contributed by atoms with Crippen molar-refractivity contribution >= 4 is 5.82 Å². The van der Waals surface area contributed by atoms with E-state index < -0.39 is 0 Å². The van der Waals surface area contributed by atoms with E-state index in [0.29, 0.717) is 6.04 Å². The summed E-state index contributed by atoms with van der Waals surface area (Å²) in [7, 11) is 0. The first-order chi connectivity index (χ1) is 8.84. The Morgan fingerprint density at radius 3 is 2.89 bits per heavy atom. The van der Waals surface area contributed by atoms with Crippen LogP contribution in [0.4, 0.5) is 5.82 Å². The largest absolute Gasteiger partial charge is 0.352 e. The Morgan fingerprint density at radius 1 is 1.28 bits per heavy atom. The lowest BCUT2D eigenvalue weighted by atomic mass is 10.2. The molecule has 0 spiro atoms. The maximum absolute atomic E-state index is 4.57. The number of rotatable bonds is 2. The quantitative estimate of drug-likeness (QED) is 0.869. The van der Waals surface area contributed by atoms with E-state index in [9.17, 15) is 0 Å². The molecule has 1 aliphatic rings. The molecule has 94 valence electrons. The fourth-order valence-corrected chi connectivity index (χ4v) is 2.45. The summed E-state index contributed by atoms with van der Waals surface area (Å²) in [5.41, 5.74) is 1.15. The third-order valence-corrected chi connectivity index (χ3v) is 3.32. The summed E-state index contributed by atoms with van der Waals surface area (Å²) in [5.74, 6) is 1.07. The first-order valence-electron chi connectivity index (χ1n) is 6.41. The van der Waals surface area contributed by atoms with E-state index >= 15 is 0 Å². The molecule has 0 unspecified atom stereocenters. The van der Waals surface area contributed by atoms with E-state index in [0.717, 1.165) is 31.1 Å². The third kappa shape index (κ3) is 2.11. The molecule has 0 amide bonds. The molecule has 0 bridgehead atoms. The minimum atomic E-state index is 0.512. The van der Waals surface area contributed by atoms with Crippen molar-refractivity contribution in [2.45, 2.75) is 13.0 Å². The molecule has 2 aromatic rings. The maximum atomic E-state index is 4.57. The van der Waals surface area contributed by atoms with Crippen LogP contribution in [-0.4, -0.2) is 35.2 Å². The Hall–Kier alpha value is -1.81. The minimum absolute atomic E-state index is 0.512. The zero-order valence-corrected chi connectivity index (χ0v) is 10.6. The number of nitrogens with one attached hydrogen (secondary N) is 1. The van der Waals surface area contributed by atoms with Crippen LogP contribution in [0.25, 0.3) is 5.69 Å². The van der Waals surface area contributed by atoms with Crippen molar-refractivity contribution in [1.29, 1.82) is 0 Å². The van der Waals surface area contributed by atoms with Crippen molar-refractivity contribution < 1.29 is 0 Å². The van der Waals surface area contributed by atoms with E-state index in [-0.39, 0.29) is 0 Å². The van der Waals surface area contributed by atoms with Crippen LogP contribution in [0, 0.1) is 0 Å². The van der Waals surface area contributed by atoms with Gasteiger partial charge in [0, 0.05) is 44.3 Å². The van der Waals surface area contributed by atoms with Crippen molar-refractivity contribution in [2.75, 3.05) is 24.5 Å². The van der Waals surface area contributed by atoms with Crippen molar-refractivity contribution in [2.24, 2.45) is 0 Å². The molecule has 4 nitrogen and oxygen atoms in total. The van der Waals surface area contributed by atoms with Crippen molar-refractivity contribution in [1.82, 2.24) is 14.9 Å². The zero-order valence-electron chi connectivity index (χ0n) is 10.6. The summed E-state index contributed by atoms with van der Waals surface area (Å²) in [5, 5.41) is 3.46. The first kappa shape index (κ1) is 11.3. The van der Waals surface area contributed by atoms with Crippen LogP contribution in [0.1, 0.15) is 6.92 Å². The number of hydrogen-bond donors (Lipinski definition) is 1. The molecule has 1 saturated heterocycles. The lowest BCUT2D eigenvalue weighted by Gasteiger charge is -2.33. The van der Waals surface area contributed by atoms with E-state index in [2.05, 4.69) is 45.2 Å². The Balaban J connectivity index is 1.96. The van der Waals surface area contributed by atoms with Crippen molar-refractivity contribution in [3.8, 4) is 5.69 Å². The van der Waals surface area contributed by atoms with E-state index in [4.69, 9.17) is 0 Å². The van der Waals surface area contributed by atoms with Crippen LogP contribution in [-0.2, 0) is 0 Å². The lowest BCUT2D eigenvalue weighted by Crippen LogP contribution is -2.49. The maximum Gasteiger partial charge on any atom is 0.152 e. The van der Waals surface area contributed by atoms with Crippen LogP contribution in [0.15, 0.2) is 42.9 Å². The second-order valence-electron chi connectivity index (χ2n) is 4.74. The van der Waals surface area contributed by atoms with E-state index in [1.807, 2.05) is 24.4 Å². The molecule has 0 aliphatic carbocycles. The van der Waals surface area contributed by atoms with Crippen LogP contribution < -0.4 is 10.2 Å². The van der Waals surface area contributed by atoms with Gasteiger partial charge in [-0.05, 0) is 31.2 Å². The molecule has 4 heteroatoms. The average Bonchev–Trinajstić information content (AvgIpc) is 2.92. The van der Waals surface area contributed by atoms with Crippen molar-refractivity contribution in [3.05, 3.63) is 42.9 Å². The van der Waals surface area contributed by atoms with Gasteiger partial charge in [-0.3, -0.25) is 0 Å². The molecular weight excluding hydrogens is 224 g/mol. The molecule has 1 N–H and O–H groups in total. The molecular formula is C14H18N4. The van der Waals surface area contributed by atoms with Gasteiger partial charge in [0.2, 0.25) is 0 Å². The number of hydrogen-bond acceptors (Lipinski definition) is 3. The predicted octanol–water partition coefficient (Wildman–Crippen LogP) is 1.67. The van der Waals surface area contributed by atoms with Gasteiger partial charge in [-0.15, -0.1) is 0 Å². The Bertz CT molecular complexity index is 506. The Morgan fingerprint density at radius 2 is 2.11 bits per heavy atom. The zero-order chi connectivity index (χ0) is 12.4. The molecule has 0 radical (unpaired) electrons. The first-order valence-corrected chi connectivity index (χ1v) is 6.41. The number of aromatic nitrogens is 2. The fraction of sp³-hybridized carbons (Fsp3) is 0.357. The summed E-state index contributed by atoms with van der Waals surface area (Å²) in [6.07, 6.45) is 5.99. The molecule has 3 heterocycles. The van der Waals surface area contributed by atoms with Crippen LogP contribution >= 0.6 is 0 Å². The number of pyridine rings is 1. The normalized spacial score (nSPS) is 20.1. The SMILES string of the molecule is C[C@@H]1CN(c2ncccc2-n2cccc2)CCN1. The smallest absolute Gasteiger partial charge is 0.152 e. The number of anilines is 1. The van der Waals surface area contributed by atoms with Gasteiger partial charge in [-0.2, -0.15) is 0 Å². The minimum Gasteiger partial charge on any atom is -0.352 e. The van der Waals surface area contributed by atoms with Gasteiger partial charge in [0.25, 0.3) is 0 Å². The molecule has 0 aromatic carbocycles. The summed E-state index contributed by atoms with van der Waals surface area (Å²) >= 11 is 0. The van der Waals surface area contributed by atoms with Gasteiger partial charge in [-0.1, -0.05) is 0 Å². The molecule has 0 saturated carbocycles. The van der Waals surface area contributed by atoms with Gasteiger partial charge in [0.15, 0.2) is 5.82 Å².